The number of aromatic nitrogens is 3. The zero-order valence-electron chi connectivity index (χ0n) is 14.6. The summed E-state index contributed by atoms with van der Waals surface area (Å²) in [6.45, 7) is 1.93. The Kier molecular flexibility index (Phi) is 4.79. The Morgan fingerprint density at radius 2 is 2.08 bits per heavy atom. The first kappa shape index (κ1) is 16.9. The topological polar surface area (TPSA) is 91.2 Å². The van der Waals surface area contributed by atoms with Gasteiger partial charge in [-0.05, 0) is 30.4 Å². The van der Waals surface area contributed by atoms with E-state index in [4.69, 9.17) is 0 Å². The smallest absolute Gasteiger partial charge is 0.257 e. The van der Waals surface area contributed by atoms with Crippen molar-refractivity contribution in [3.05, 3.63) is 48.0 Å². The molecule has 0 spiro atoms. The number of likely N-dealkylation sites (tertiary alicyclic amines) is 1. The maximum atomic E-state index is 12.7. The van der Waals surface area contributed by atoms with E-state index in [2.05, 4.69) is 20.3 Å². The molecule has 2 N–H and O–H groups in total. The minimum Gasteiger partial charge on any atom is -0.393 e. The summed E-state index contributed by atoms with van der Waals surface area (Å²) in [7, 11) is 0. The van der Waals surface area contributed by atoms with Crippen LogP contribution < -0.4 is 5.32 Å². The molecule has 0 aromatic carbocycles. The van der Waals surface area contributed by atoms with Gasteiger partial charge in [0.1, 0.15) is 0 Å². The van der Waals surface area contributed by atoms with E-state index in [0.717, 1.165) is 31.4 Å². The molecular weight excluding hydrogens is 330 g/mol. The molecule has 2 fully saturated rings. The number of anilines is 1. The van der Waals surface area contributed by atoms with Crippen LogP contribution in [0.15, 0.2) is 36.9 Å². The molecule has 0 bridgehead atoms. The number of aliphatic hydroxyl groups is 1. The molecule has 2 aliphatic rings. The number of pyridine rings is 1. The van der Waals surface area contributed by atoms with Gasteiger partial charge in [0.15, 0.2) is 0 Å². The van der Waals surface area contributed by atoms with Crippen molar-refractivity contribution in [2.24, 2.45) is 11.8 Å². The molecule has 4 rings (SSSR count). The summed E-state index contributed by atoms with van der Waals surface area (Å²) in [4.78, 5) is 27.1. The molecule has 3 unspecified atom stereocenters. The first-order valence-corrected chi connectivity index (χ1v) is 9.13. The molecule has 1 saturated heterocycles. The van der Waals surface area contributed by atoms with E-state index >= 15 is 0 Å². The first-order valence-electron chi connectivity index (χ1n) is 9.13. The molecule has 3 heterocycles. The first-order chi connectivity index (χ1) is 12.7. The molecule has 26 heavy (non-hydrogen) atoms. The average molecular weight is 353 g/mol. The summed E-state index contributed by atoms with van der Waals surface area (Å²) >= 11 is 0. The highest BCUT2D eigenvalue weighted by atomic mass is 16.3. The molecule has 2 aromatic rings. The number of carbonyl (C=O) groups is 1. The van der Waals surface area contributed by atoms with Crippen LogP contribution in [0.1, 0.15) is 35.2 Å². The van der Waals surface area contributed by atoms with Crippen LogP contribution in [0, 0.1) is 11.8 Å². The third kappa shape index (κ3) is 3.53. The van der Waals surface area contributed by atoms with Gasteiger partial charge in [0, 0.05) is 50.3 Å². The monoisotopic (exact) mass is 353 g/mol. The summed E-state index contributed by atoms with van der Waals surface area (Å²) < 4.78 is 0. The molecule has 3 atom stereocenters. The fourth-order valence-electron chi connectivity index (χ4n) is 4.00. The van der Waals surface area contributed by atoms with E-state index in [9.17, 15) is 9.90 Å². The maximum Gasteiger partial charge on any atom is 0.257 e. The maximum absolute atomic E-state index is 12.7. The number of aliphatic hydroxyl groups excluding tert-OH is 1. The van der Waals surface area contributed by atoms with Gasteiger partial charge in [-0.2, -0.15) is 0 Å². The van der Waals surface area contributed by atoms with Crippen LogP contribution in [-0.2, 0) is 6.54 Å². The minimum atomic E-state index is -0.276. The quantitative estimate of drug-likeness (QED) is 0.870. The summed E-state index contributed by atoms with van der Waals surface area (Å²) in [5, 5.41) is 13.3. The van der Waals surface area contributed by atoms with Gasteiger partial charge in [0.25, 0.3) is 5.91 Å². The molecule has 2 aromatic heterocycles. The number of rotatable bonds is 4. The van der Waals surface area contributed by atoms with Gasteiger partial charge in [-0.3, -0.25) is 9.78 Å². The van der Waals surface area contributed by atoms with E-state index in [1.165, 1.54) is 0 Å². The number of carbonyl (C=O) groups excluding carboxylic acids is 1. The lowest BCUT2D eigenvalue weighted by molar-refractivity contribution is 0.0539. The predicted octanol–water partition coefficient (Wildman–Crippen LogP) is 1.72. The molecule has 7 nitrogen and oxygen atoms in total. The van der Waals surface area contributed by atoms with Crippen LogP contribution in [0.4, 0.5) is 5.95 Å². The van der Waals surface area contributed by atoms with Gasteiger partial charge < -0.3 is 15.3 Å². The molecule has 136 valence electrons. The Morgan fingerprint density at radius 3 is 2.81 bits per heavy atom. The standard InChI is InChI=1S/C19H23N5O2/c25-17-5-1-4-14-11-24(12-16(14)17)18(26)15-9-22-19(23-10-15)21-8-13-3-2-6-20-7-13/h2-3,6-7,9-10,14,16-17,25H,1,4-5,8,11-12H2,(H,21,22,23). The zero-order chi connectivity index (χ0) is 17.9. The van der Waals surface area contributed by atoms with Crippen molar-refractivity contribution in [1.82, 2.24) is 19.9 Å². The van der Waals surface area contributed by atoms with Crippen molar-refractivity contribution in [3.63, 3.8) is 0 Å². The summed E-state index contributed by atoms with van der Waals surface area (Å²) in [6.07, 6.45) is 9.37. The Balaban J connectivity index is 1.37. The van der Waals surface area contributed by atoms with Crippen molar-refractivity contribution in [3.8, 4) is 0 Å². The highest BCUT2D eigenvalue weighted by Crippen LogP contribution is 2.36. The Hall–Kier alpha value is -2.54. The van der Waals surface area contributed by atoms with Crippen LogP contribution in [-0.4, -0.2) is 50.1 Å². The van der Waals surface area contributed by atoms with Gasteiger partial charge >= 0.3 is 0 Å². The zero-order valence-corrected chi connectivity index (χ0v) is 14.6. The minimum absolute atomic E-state index is 0.0505. The van der Waals surface area contributed by atoms with Gasteiger partial charge in [-0.1, -0.05) is 12.5 Å². The Bertz CT molecular complexity index is 752. The summed E-state index contributed by atoms with van der Waals surface area (Å²) in [6, 6.07) is 3.85. The number of nitrogens with zero attached hydrogens (tertiary/aromatic N) is 4. The highest BCUT2D eigenvalue weighted by Gasteiger charge is 2.41. The van der Waals surface area contributed by atoms with E-state index in [1.807, 2.05) is 17.0 Å². The third-order valence-corrected chi connectivity index (χ3v) is 5.42. The van der Waals surface area contributed by atoms with Gasteiger partial charge in [-0.25, -0.2) is 9.97 Å². The van der Waals surface area contributed by atoms with Crippen molar-refractivity contribution in [1.29, 1.82) is 0 Å². The predicted molar refractivity (Wildman–Crippen MR) is 96.3 cm³/mol. The molecule has 1 saturated carbocycles. The molecule has 1 aliphatic heterocycles. The number of hydrogen-bond donors (Lipinski definition) is 2. The second kappa shape index (κ2) is 7.37. The van der Waals surface area contributed by atoms with Crippen LogP contribution in [0.2, 0.25) is 0 Å². The van der Waals surface area contributed by atoms with Crippen molar-refractivity contribution in [2.45, 2.75) is 31.9 Å². The van der Waals surface area contributed by atoms with Crippen molar-refractivity contribution in [2.75, 3.05) is 18.4 Å². The lowest BCUT2D eigenvalue weighted by Crippen LogP contribution is -2.32. The van der Waals surface area contributed by atoms with E-state index in [0.29, 0.717) is 30.5 Å². The highest BCUT2D eigenvalue weighted by molar-refractivity contribution is 5.93. The van der Waals surface area contributed by atoms with E-state index in [1.54, 1.807) is 24.8 Å². The van der Waals surface area contributed by atoms with E-state index in [-0.39, 0.29) is 17.9 Å². The lowest BCUT2D eigenvalue weighted by Gasteiger charge is -2.28. The van der Waals surface area contributed by atoms with E-state index < -0.39 is 0 Å². The molecular formula is C19H23N5O2. The lowest BCUT2D eigenvalue weighted by atomic mass is 9.80. The average Bonchev–Trinajstić information content (AvgIpc) is 3.13. The van der Waals surface area contributed by atoms with Crippen LogP contribution >= 0.6 is 0 Å². The fourth-order valence-corrected chi connectivity index (χ4v) is 4.00. The summed E-state index contributed by atoms with van der Waals surface area (Å²) in [5.74, 6) is 1.07. The molecule has 1 amide bonds. The second-order valence-corrected chi connectivity index (χ2v) is 7.14. The SMILES string of the molecule is O=C(c1cnc(NCc2cccnc2)nc1)N1CC2CCCC(O)C2C1. The van der Waals surface area contributed by atoms with Gasteiger partial charge in [-0.15, -0.1) is 0 Å². The summed E-state index contributed by atoms with van der Waals surface area (Å²) in [5.41, 5.74) is 1.53. The normalized spacial score (nSPS) is 25.0. The Labute approximate surface area is 152 Å². The van der Waals surface area contributed by atoms with Gasteiger partial charge in [0.2, 0.25) is 5.95 Å². The molecule has 7 heteroatoms. The van der Waals surface area contributed by atoms with Crippen LogP contribution in [0.25, 0.3) is 0 Å². The van der Waals surface area contributed by atoms with Crippen LogP contribution in [0.5, 0.6) is 0 Å². The largest absolute Gasteiger partial charge is 0.393 e. The molecule has 1 aliphatic carbocycles. The van der Waals surface area contributed by atoms with Crippen molar-refractivity contribution >= 4 is 11.9 Å². The number of hydrogen-bond acceptors (Lipinski definition) is 6. The fraction of sp³-hybridized carbons (Fsp3) is 0.474. The Morgan fingerprint density at radius 1 is 1.23 bits per heavy atom. The van der Waals surface area contributed by atoms with Crippen molar-refractivity contribution < 1.29 is 9.90 Å². The third-order valence-electron chi connectivity index (χ3n) is 5.42. The molecule has 0 radical (unpaired) electrons. The number of fused-ring (bicyclic) bond motifs is 1. The number of amides is 1. The van der Waals surface area contributed by atoms with Crippen LogP contribution in [0.3, 0.4) is 0 Å². The second-order valence-electron chi connectivity index (χ2n) is 7.14. The number of nitrogens with one attached hydrogen (secondary N) is 1. The van der Waals surface area contributed by atoms with Gasteiger partial charge in [0.05, 0.1) is 11.7 Å².